The highest BCUT2D eigenvalue weighted by molar-refractivity contribution is 7.99. The maximum Gasteiger partial charge on any atom is 0.415 e. The molecule has 2 aromatic heterocycles. The van der Waals surface area contributed by atoms with Crippen LogP contribution in [-0.4, -0.2) is 50.9 Å². The number of nitrogens with one attached hydrogen (secondary N) is 1. The number of hydrogen-bond acceptors (Lipinski definition) is 7. The van der Waals surface area contributed by atoms with Gasteiger partial charge in [0.2, 0.25) is 5.88 Å². The summed E-state index contributed by atoms with van der Waals surface area (Å²) < 4.78 is 17.5. The standard InChI is InChI=1S/C29H30N4O4S/c1-21-2-11-27(32-20-21)36-24-9-7-23(8-10-24)35-26-12-17-33(18-13-26)29(34)37-25-5-3-22(4-6-25)14-19-38-28-30-15-16-31-28/h2-11,15-16,20,26H,12-14,17-19H2,1H3,(H,30,31). The lowest BCUT2D eigenvalue weighted by molar-refractivity contribution is 0.0930. The summed E-state index contributed by atoms with van der Waals surface area (Å²) in [7, 11) is 0. The SMILES string of the molecule is Cc1ccc(Oc2ccc(OC3CCN(C(=O)Oc4ccc(CCSc5ncc[nH]5)cc4)CC3)cc2)nc1. The van der Waals surface area contributed by atoms with Crippen LogP contribution in [0.2, 0.25) is 0 Å². The van der Waals surface area contributed by atoms with Gasteiger partial charge in [0.1, 0.15) is 23.4 Å². The number of piperidine rings is 1. The number of thioether (sulfide) groups is 1. The summed E-state index contributed by atoms with van der Waals surface area (Å²) in [4.78, 5) is 26.0. The predicted octanol–water partition coefficient (Wildman–Crippen LogP) is 6.28. The van der Waals surface area contributed by atoms with Crippen LogP contribution in [0.1, 0.15) is 24.0 Å². The minimum atomic E-state index is -0.323. The summed E-state index contributed by atoms with van der Waals surface area (Å²) in [5, 5.41) is 0.920. The van der Waals surface area contributed by atoms with Crippen molar-refractivity contribution in [2.45, 2.75) is 37.4 Å². The van der Waals surface area contributed by atoms with E-state index in [0.29, 0.717) is 30.5 Å². The number of ether oxygens (including phenoxy) is 3. The van der Waals surface area contributed by atoms with E-state index in [4.69, 9.17) is 14.2 Å². The highest BCUT2D eigenvalue weighted by Gasteiger charge is 2.25. The minimum Gasteiger partial charge on any atom is -0.490 e. The van der Waals surface area contributed by atoms with Gasteiger partial charge in [-0.2, -0.15) is 0 Å². The zero-order valence-corrected chi connectivity index (χ0v) is 22.0. The van der Waals surface area contributed by atoms with Crippen LogP contribution in [0, 0.1) is 6.92 Å². The molecule has 0 spiro atoms. The van der Waals surface area contributed by atoms with Crippen LogP contribution < -0.4 is 14.2 Å². The molecule has 1 aliphatic rings. The van der Waals surface area contributed by atoms with Crippen molar-refractivity contribution in [1.29, 1.82) is 0 Å². The van der Waals surface area contributed by atoms with E-state index in [1.165, 1.54) is 5.56 Å². The second kappa shape index (κ2) is 12.5. The Bertz CT molecular complexity index is 1290. The molecule has 0 saturated carbocycles. The van der Waals surface area contributed by atoms with Crippen molar-refractivity contribution < 1.29 is 19.0 Å². The maximum atomic E-state index is 12.7. The quantitative estimate of drug-likeness (QED) is 0.255. The number of H-pyrrole nitrogens is 1. The molecule has 2 aromatic carbocycles. The molecule has 1 saturated heterocycles. The van der Waals surface area contributed by atoms with Gasteiger partial charge in [-0.3, -0.25) is 0 Å². The van der Waals surface area contributed by atoms with E-state index >= 15 is 0 Å². The molecular formula is C29H30N4O4S. The Morgan fingerprint density at radius 1 is 0.974 bits per heavy atom. The first-order valence-corrected chi connectivity index (χ1v) is 13.6. The van der Waals surface area contributed by atoms with Crippen LogP contribution in [0.25, 0.3) is 0 Å². The van der Waals surface area contributed by atoms with Crippen molar-refractivity contribution in [1.82, 2.24) is 19.9 Å². The molecule has 0 bridgehead atoms. The van der Waals surface area contributed by atoms with Gasteiger partial charge in [0.25, 0.3) is 0 Å². The van der Waals surface area contributed by atoms with E-state index in [1.54, 1.807) is 29.1 Å². The van der Waals surface area contributed by atoms with E-state index < -0.39 is 0 Å². The van der Waals surface area contributed by atoms with E-state index in [-0.39, 0.29) is 12.2 Å². The van der Waals surface area contributed by atoms with Gasteiger partial charge < -0.3 is 24.1 Å². The fourth-order valence-corrected chi connectivity index (χ4v) is 4.87. The number of aromatic amines is 1. The van der Waals surface area contributed by atoms with Gasteiger partial charge in [0, 0.05) is 56.3 Å². The smallest absolute Gasteiger partial charge is 0.415 e. The number of carbonyl (C=O) groups is 1. The highest BCUT2D eigenvalue weighted by Crippen LogP contribution is 2.25. The Morgan fingerprint density at radius 2 is 1.71 bits per heavy atom. The van der Waals surface area contributed by atoms with Crippen molar-refractivity contribution in [3.05, 3.63) is 90.4 Å². The summed E-state index contributed by atoms with van der Waals surface area (Å²) in [6, 6.07) is 19.0. The van der Waals surface area contributed by atoms with Crippen LogP contribution >= 0.6 is 11.8 Å². The van der Waals surface area contributed by atoms with Crippen molar-refractivity contribution in [3.63, 3.8) is 0 Å². The van der Waals surface area contributed by atoms with E-state index in [0.717, 1.165) is 41.5 Å². The van der Waals surface area contributed by atoms with Crippen LogP contribution in [0.5, 0.6) is 23.1 Å². The Kier molecular flexibility index (Phi) is 8.45. The zero-order chi connectivity index (χ0) is 26.2. The lowest BCUT2D eigenvalue weighted by Gasteiger charge is -2.31. The van der Waals surface area contributed by atoms with E-state index in [2.05, 4.69) is 15.0 Å². The molecule has 1 amide bonds. The molecule has 38 heavy (non-hydrogen) atoms. The molecule has 3 heterocycles. The molecule has 196 valence electrons. The van der Waals surface area contributed by atoms with E-state index in [1.807, 2.05) is 73.8 Å². The topological polar surface area (TPSA) is 89.6 Å². The average Bonchev–Trinajstić information content (AvgIpc) is 3.46. The van der Waals surface area contributed by atoms with Crippen LogP contribution in [0.15, 0.2) is 84.4 Å². The molecule has 0 radical (unpaired) electrons. The van der Waals surface area contributed by atoms with Gasteiger partial charge in [-0.25, -0.2) is 14.8 Å². The average molecular weight is 531 g/mol. The lowest BCUT2D eigenvalue weighted by atomic mass is 10.1. The molecule has 8 nitrogen and oxygen atoms in total. The molecule has 0 aliphatic carbocycles. The Labute approximate surface area is 226 Å². The van der Waals surface area contributed by atoms with Gasteiger partial charge in [-0.05, 0) is 60.9 Å². The largest absolute Gasteiger partial charge is 0.490 e. The number of benzene rings is 2. The number of pyridine rings is 1. The lowest BCUT2D eigenvalue weighted by Crippen LogP contribution is -2.43. The molecule has 1 aliphatic heterocycles. The number of nitrogens with zero attached hydrogens (tertiary/aromatic N) is 3. The van der Waals surface area contributed by atoms with Crippen LogP contribution in [0.4, 0.5) is 4.79 Å². The van der Waals surface area contributed by atoms with Crippen molar-refractivity contribution in [3.8, 4) is 23.1 Å². The van der Waals surface area contributed by atoms with Gasteiger partial charge in [0.15, 0.2) is 5.16 Å². The second-order valence-electron chi connectivity index (χ2n) is 9.06. The highest BCUT2D eigenvalue weighted by atomic mass is 32.2. The second-order valence-corrected chi connectivity index (χ2v) is 10.1. The number of hydrogen-bond donors (Lipinski definition) is 1. The van der Waals surface area contributed by atoms with Gasteiger partial charge in [0.05, 0.1) is 0 Å². The minimum absolute atomic E-state index is 0.0444. The number of aryl methyl sites for hydroxylation is 2. The first-order valence-electron chi connectivity index (χ1n) is 12.7. The number of amides is 1. The number of imidazole rings is 1. The molecule has 5 rings (SSSR count). The Morgan fingerprint density at radius 3 is 2.39 bits per heavy atom. The molecular weight excluding hydrogens is 500 g/mol. The summed E-state index contributed by atoms with van der Waals surface area (Å²) in [5.74, 6) is 3.51. The summed E-state index contributed by atoms with van der Waals surface area (Å²) in [5.41, 5.74) is 2.27. The molecule has 0 atom stereocenters. The summed E-state index contributed by atoms with van der Waals surface area (Å²) >= 11 is 1.68. The number of likely N-dealkylation sites (tertiary alicyclic amines) is 1. The zero-order valence-electron chi connectivity index (χ0n) is 21.2. The van der Waals surface area contributed by atoms with Crippen LogP contribution in [0.3, 0.4) is 0 Å². The maximum absolute atomic E-state index is 12.7. The number of rotatable bonds is 9. The first kappa shape index (κ1) is 25.7. The van der Waals surface area contributed by atoms with Crippen molar-refractivity contribution in [2.24, 2.45) is 0 Å². The van der Waals surface area contributed by atoms with Gasteiger partial charge in [-0.15, -0.1) is 0 Å². The Hall–Kier alpha value is -3.98. The fraction of sp³-hybridized carbons (Fsp3) is 0.276. The van der Waals surface area contributed by atoms with E-state index in [9.17, 15) is 4.79 Å². The van der Waals surface area contributed by atoms with Gasteiger partial charge >= 0.3 is 6.09 Å². The normalized spacial score (nSPS) is 13.8. The summed E-state index contributed by atoms with van der Waals surface area (Å²) in [6.45, 7) is 3.17. The Balaban J connectivity index is 1.03. The first-order chi connectivity index (χ1) is 18.6. The fourth-order valence-electron chi connectivity index (χ4n) is 4.06. The third kappa shape index (κ3) is 7.29. The predicted molar refractivity (Wildman–Crippen MR) is 146 cm³/mol. The van der Waals surface area contributed by atoms with Crippen molar-refractivity contribution >= 4 is 17.9 Å². The van der Waals surface area contributed by atoms with Gasteiger partial charge in [-0.1, -0.05) is 30.0 Å². The third-order valence-corrected chi connectivity index (χ3v) is 7.07. The molecule has 4 aromatic rings. The molecule has 1 fully saturated rings. The molecule has 9 heteroatoms. The number of carbonyl (C=O) groups excluding carboxylic acids is 1. The molecule has 0 unspecified atom stereocenters. The third-order valence-electron chi connectivity index (χ3n) is 6.16. The number of aromatic nitrogens is 3. The van der Waals surface area contributed by atoms with Crippen LogP contribution in [-0.2, 0) is 6.42 Å². The monoisotopic (exact) mass is 530 g/mol. The molecule has 1 N–H and O–H groups in total. The summed E-state index contributed by atoms with van der Waals surface area (Å²) in [6.07, 6.45) is 7.46. The van der Waals surface area contributed by atoms with Crippen molar-refractivity contribution in [2.75, 3.05) is 18.8 Å².